The van der Waals surface area contributed by atoms with Crippen LogP contribution in [-0.4, -0.2) is 39.1 Å². The van der Waals surface area contributed by atoms with E-state index >= 15 is 0 Å². The SMILES string of the molecule is CC(C)(C)C1CCN(C(=O)c2n[nH]c(=O)[nH]2)C1. The largest absolute Gasteiger partial charge is 0.341 e. The Labute approximate surface area is 99.4 Å². The van der Waals surface area contributed by atoms with Gasteiger partial charge in [0.15, 0.2) is 0 Å². The van der Waals surface area contributed by atoms with E-state index in [1.165, 1.54) is 0 Å². The number of rotatable bonds is 1. The quantitative estimate of drug-likeness (QED) is 0.752. The summed E-state index contributed by atoms with van der Waals surface area (Å²) in [6.07, 6.45) is 1.00. The molecule has 1 aliphatic heterocycles. The van der Waals surface area contributed by atoms with Crippen molar-refractivity contribution >= 4 is 5.91 Å². The molecule has 0 radical (unpaired) electrons. The molecule has 0 bridgehead atoms. The number of H-pyrrole nitrogens is 2. The minimum absolute atomic E-state index is 0.101. The Balaban J connectivity index is 2.06. The van der Waals surface area contributed by atoms with E-state index in [2.05, 4.69) is 36.0 Å². The van der Waals surface area contributed by atoms with Gasteiger partial charge >= 0.3 is 5.69 Å². The molecule has 1 aromatic heterocycles. The lowest BCUT2D eigenvalue weighted by molar-refractivity contribution is 0.0765. The lowest BCUT2D eigenvalue weighted by Crippen LogP contribution is -2.32. The number of aromatic nitrogens is 3. The summed E-state index contributed by atoms with van der Waals surface area (Å²) in [5.74, 6) is 0.400. The molecule has 1 amide bonds. The summed E-state index contributed by atoms with van der Waals surface area (Å²) >= 11 is 0. The second kappa shape index (κ2) is 4.01. The maximum Gasteiger partial charge on any atom is 0.341 e. The summed E-state index contributed by atoms with van der Waals surface area (Å²) in [5, 5.41) is 5.87. The third kappa shape index (κ3) is 2.40. The summed E-state index contributed by atoms with van der Waals surface area (Å²) in [5.41, 5.74) is -0.242. The predicted octanol–water partition coefficient (Wildman–Crippen LogP) is 0.606. The number of hydrogen-bond acceptors (Lipinski definition) is 3. The van der Waals surface area contributed by atoms with Crippen LogP contribution in [0.2, 0.25) is 0 Å². The molecule has 0 spiro atoms. The molecule has 6 heteroatoms. The molecule has 6 nitrogen and oxygen atoms in total. The van der Waals surface area contributed by atoms with Crippen LogP contribution in [0.25, 0.3) is 0 Å². The van der Waals surface area contributed by atoms with Crippen molar-refractivity contribution in [1.29, 1.82) is 0 Å². The van der Waals surface area contributed by atoms with Gasteiger partial charge in [-0.15, -0.1) is 5.10 Å². The molecule has 0 saturated carbocycles. The third-order valence-electron chi connectivity index (χ3n) is 3.40. The molecular formula is C11H18N4O2. The summed E-state index contributed by atoms with van der Waals surface area (Å²) < 4.78 is 0. The van der Waals surface area contributed by atoms with Crippen molar-refractivity contribution in [3.05, 3.63) is 16.3 Å². The molecule has 2 rings (SSSR count). The Morgan fingerprint density at radius 1 is 1.47 bits per heavy atom. The van der Waals surface area contributed by atoms with E-state index in [0.29, 0.717) is 5.92 Å². The van der Waals surface area contributed by atoms with Crippen LogP contribution in [0.1, 0.15) is 37.8 Å². The Kier molecular flexibility index (Phi) is 2.81. The number of nitrogens with one attached hydrogen (secondary N) is 2. The zero-order chi connectivity index (χ0) is 12.6. The summed E-state index contributed by atoms with van der Waals surface area (Å²) in [6, 6.07) is 0. The van der Waals surface area contributed by atoms with Gasteiger partial charge in [-0.2, -0.15) is 0 Å². The fraction of sp³-hybridized carbons (Fsp3) is 0.727. The number of amides is 1. The number of hydrogen-bond donors (Lipinski definition) is 2. The van der Waals surface area contributed by atoms with E-state index in [9.17, 15) is 9.59 Å². The number of carbonyl (C=O) groups is 1. The van der Waals surface area contributed by atoms with Crippen molar-refractivity contribution in [2.75, 3.05) is 13.1 Å². The Hall–Kier alpha value is -1.59. The lowest BCUT2D eigenvalue weighted by Gasteiger charge is -2.26. The van der Waals surface area contributed by atoms with E-state index in [1.807, 2.05) is 0 Å². The Morgan fingerprint density at radius 3 is 2.65 bits per heavy atom. The molecule has 2 N–H and O–H groups in total. The van der Waals surface area contributed by atoms with Crippen molar-refractivity contribution in [2.24, 2.45) is 11.3 Å². The van der Waals surface area contributed by atoms with E-state index < -0.39 is 5.69 Å². The molecule has 2 heterocycles. The second-order valence-electron chi connectivity index (χ2n) is 5.63. The highest BCUT2D eigenvalue weighted by atomic mass is 16.2. The van der Waals surface area contributed by atoms with Crippen molar-refractivity contribution in [1.82, 2.24) is 20.1 Å². The van der Waals surface area contributed by atoms with Gasteiger partial charge in [0.1, 0.15) is 0 Å². The highest BCUT2D eigenvalue weighted by molar-refractivity contribution is 5.90. The molecule has 94 valence electrons. The third-order valence-corrected chi connectivity index (χ3v) is 3.40. The van der Waals surface area contributed by atoms with Crippen LogP contribution in [0.5, 0.6) is 0 Å². The Bertz CT molecular complexity index is 468. The zero-order valence-electron chi connectivity index (χ0n) is 10.4. The average Bonchev–Trinajstić information content (AvgIpc) is 2.83. The van der Waals surface area contributed by atoms with Crippen LogP contribution in [0.15, 0.2) is 4.79 Å². The van der Waals surface area contributed by atoms with Crippen LogP contribution >= 0.6 is 0 Å². The number of carbonyl (C=O) groups excluding carboxylic acids is 1. The second-order valence-corrected chi connectivity index (χ2v) is 5.63. The van der Waals surface area contributed by atoms with Gasteiger partial charge < -0.3 is 4.90 Å². The zero-order valence-corrected chi connectivity index (χ0v) is 10.4. The van der Waals surface area contributed by atoms with E-state index in [0.717, 1.165) is 19.5 Å². The topological polar surface area (TPSA) is 81.8 Å². The van der Waals surface area contributed by atoms with Crippen molar-refractivity contribution in [2.45, 2.75) is 27.2 Å². The van der Waals surface area contributed by atoms with Crippen molar-refractivity contribution < 1.29 is 4.79 Å². The minimum atomic E-state index is -0.445. The molecule has 1 atom stereocenters. The summed E-state index contributed by atoms with van der Waals surface area (Å²) in [4.78, 5) is 27.0. The lowest BCUT2D eigenvalue weighted by atomic mass is 9.80. The maximum absolute atomic E-state index is 12.0. The minimum Gasteiger partial charge on any atom is -0.336 e. The van der Waals surface area contributed by atoms with Crippen molar-refractivity contribution in [3.63, 3.8) is 0 Å². The number of nitrogens with zero attached hydrogens (tertiary/aromatic N) is 2. The molecule has 0 aromatic carbocycles. The van der Waals surface area contributed by atoms with E-state index in [4.69, 9.17) is 0 Å². The van der Waals surface area contributed by atoms with Crippen molar-refractivity contribution in [3.8, 4) is 0 Å². The van der Waals surface area contributed by atoms with Gasteiger partial charge in [0.05, 0.1) is 0 Å². The number of likely N-dealkylation sites (tertiary alicyclic amines) is 1. The first-order valence-corrected chi connectivity index (χ1v) is 5.82. The van der Waals surface area contributed by atoms with Crippen LogP contribution < -0.4 is 5.69 Å². The summed E-state index contributed by atoms with van der Waals surface area (Å²) in [7, 11) is 0. The normalized spacial score (nSPS) is 20.9. The Morgan fingerprint density at radius 2 is 2.18 bits per heavy atom. The highest BCUT2D eigenvalue weighted by Gasteiger charge is 2.34. The fourth-order valence-electron chi connectivity index (χ4n) is 2.17. The summed E-state index contributed by atoms with van der Waals surface area (Å²) in [6.45, 7) is 8.01. The van der Waals surface area contributed by atoms with Gasteiger partial charge in [0.2, 0.25) is 5.82 Å². The molecule has 0 aliphatic carbocycles. The first-order chi connectivity index (χ1) is 7.88. The van der Waals surface area contributed by atoms with Crippen LogP contribution in [0.3, 0.4) is 0 Å². The van der Waals surface area contributed by atoms with Crippen LogP contribution in [0, 0.1) is 11.3 Å². The average molecular weight is 238 g/mol. The van der Waals surface area contributed by atoms with Crippen LogP contribution in [-0.2, 0) is 0 Å². The van der Waals surface area contributed by atoms with Gasteiger partial charge in [-0.25, -0.2) is 9.89 Å². The van der Waals surface area contributed by atoms with E-state index in [-0.39, 0.29) is 17.1 Å². The van der Waals surface area contributed by atoms with Gasteiger partial charge in [-0.05, 0) is 17.8 Å². The molecule has 1 fully saturated rings. The first-order valence-electron chi connectivity index (χ1n) is 5.82. The molecule has 1 aromatic rings. The predicted molar refractivity (Wildman–Crippen MR) is 62.7 cm³/mol. The highest BCUT2D eigenvalue weighted by Crippen LogP contribution is 2.33. The molecule has 1 aliphatic rings. The van der Waals surface area contributed by atoms with E-state index in [1.54, 1.807) is 4.90 Å². The molecule has 1 saturated heterocycles. The van der Waals surface area contributed by atoms with Gasteiger partial charge in [0.25, 0.3) is 5.91 Å². The van der Waals surface area contributed by atoms with Gasteiger partial charge in [-0.3, -0.25) is 9.78 Å². The molecule has 1 unspecified atom stereocenters. The first kappa shape index (κ1) is 11.9. The standard InChI is InChI=1S/C11H18N4O2/c1-11(2,3)7-4-5-15(6-7)9(16)8-12-10(17)14-13-8/h7H,4-6H2,1-3H3,(H2,12,13,14,17). The molecule has 17 heavy (non-hydrogen) atoms. The smallest absolute Gasteiger partial charge is 0.336 e. The van der Waals surface area contributed by atoms with Gasteiger partial charge in [-0.1, -0.05) is 20.8 Å². The maximum atomic E-state index is 12.0. The number of aromatic amines is 2. The van der Waals surface area contributed by atoms with Gasteiger partial charge in [0, 0.05) is 13.1 Å². The monoisotopic (exact) mass is 238 g/mol. The van der Waals surface area contributed by atoms with Crippen LogP contribution in [0.4, 0.5) is 0 Å². The molecular weight excluding hydrogens is 220 g/mol. The fourth-order valence-corrected chi connectivity index (χ4v) is 2.17.